The summed E-state index contributed by atoms with van der Waals surface area (Å²) in [6.45, 7) is 8.94. The van der Waals surface area contributed by atoms with E-state index in [2.05, 4.69) is 34.4 Å². The minimum absolute atomic E-state index is 0.589. The van der Waals surface area contributed by atoms with E-state index in [1.807, 2.05) is 7.05 Å². The molecule has 16 heavy (non-hydrogen) atoms. The molecule has 2 N–H and O–H groups in total. The zero-order valence-electron chi connectivity index (χ0n) is 10.9. The highest BCUT2D eigenvalue weighted by Crippen LogP contribution is 2.10. The third-order valence-electron chi connectivity index (χ3n) is 3.04. The van der Waals surface area contributed by atoms with Crippen LogP contribution in [0.25, 0.3) is 0 Å². The fraction of sp³-hybridized carbons (Fsp3) is 0.917. The van der Waals surface area contributed by atoms with Crippen LogP contribution in [0, 0.1) is 0 Å². The lowest BCUT2D eigenvalue weighted by Crippen LogP contribution is -2.48. The van der Waals surface area contributed by atoms with E-state index in [1.165, 1.54) is 38.9 Å². The summed E-state index contributed by atoms with van der Waals surface area (Å²) >= 11 is 0. The molecule has 0 aromatic rings. The number of aliphatic imine (C=N–C) groups is 1. The van der Waals surface area contributed by atoms with Crippen LogP contribution in [0.5, 0.6) is 0 Å². The smallest absolute Gasteiger partial charge is 0.191 e. The Labute approximate surface area is 99.5 Å². The molecule has 0 atom stereocenters. The fourth-order valence-corrected chi connectivity index (χ4v) is 2.17. The van der Waals surface area contributed by atoms with Gasteiger partial charge in [-0.05, 0) is 32.7 Å². The Morgan fingerprint density at radius 2 is 2.00 bits per heavy atom. The largest absolute Gasteiger partial charge is 0.357 e. The van der Waals surface area contributed by atoms with Crippen molar-refractivity contribution in [3.8, 4) is 0 Å². The van der Waals surface area contributed by atoms with Gasteiger partial charge in [0.15, 0.2) is 5.96 Å². The monoisotopic (exact) mass is 226 g/mol. The number of nitrogens with zero attached hydrogens (tertiary/aromatic N) is 2. The van der Waals surface area contributed by atoms with Gasteiger partial charge in [0, 0.05) is 32.7 Å². The summed E-state index contributed by atoms with van der Waals surface area (Å²) in [5.74, 6) is 0.941. The Bertz CT molecular complexity index is 207. The maximum Gasteiger partial charge on any atom is 0.191 e. The second-order valence-electron chi connectivity index (χ2n) is 4.36. The average molecular weight is 226 g/mol. The van der Waals surface area contributed by atoms with Gasteiger partial charge >= 0.3 is 0 Å². The quantitative estimate of drug-likeness (QED) is 0.556. The summed E-state index contributed by atoms with van der Waals surface area (Å²) in [6.07, 6.45) is 3.71. The molecule has 1 aliphatic rings. The van der Waals surface area contributed by atoms with Crippen LogP contribution in [0.3, 0.4) is 0 Å². The number of piperidine rings is 1. The van der Waals surface area contributed by atoms with Gasteiger partial charge in [-0.3, -0.25) is 4.99 Å². The van der Waals surface area contributed by atoms with Crippen molar-refractivity contribution in [3.05, 3.63) is 0 Å². The highest BCUT2D eigenvalue weighted by atomic mass is 15.2. The number of guanidine groups is 1. The molecule has 1 aliphatic heterocycles. The molecule has 0 saturated carbocycles. The van der Waals surface area contributed by atoms with Gasteiger partial charge in [-0.2, -0.15) is 0 Å². The highest BCUT2D eigenvalue weighted by molar-refractivity contribution is 5.79. The molecular formula is C12H26N4. The molecule has 1 fully saturated rings. The molecule has 0 amide bonds. The lowest BCUT2D eigenvalue weighted by Gasteiger charge is -2.32. The molecule has 4 nitrogen and oxygen atoms in total. The Balaban J connectivity index is 2.25. The van der Waals surface area contributed by atoms with Crippen molar-refractivity contribution >= 4 is 5.96 Å². The van der Waals surface area contributed by atoms with Crippen molar-refractivity contribution in [1.29, 1.82) is 0 Å². The predicted molar refractivity (Wildman–Crippen MR) is 69.9 cm³/mol. The van der Waals surface area contributed by atoms with Crippen molar-refractivity contribution in [2.75, 3.05) is 33.2 Å². The summed E-state index contributed by atoms with van der Waals surface area (Å²) in [6, 6.07) is 0.589. The highest BCUT2D eigenvalue weighted by Gasteiger charge is 2.18. The van der Waals surface area contributed by atoms with E-state index in [-0.39, 0.29) is 0 Å². The van der Waals surface area contributed by atoms with Crippen LogP contribution in [0.15, 0.2) is 4.99 Å². The van der Waals surface area contributed by atoms with E-state index in [4.69, 9.17) is 0 Å². The molecule has 0 aromatic heterocycles. The normalized spacial score (nSPS) is 19.8. The van der Waals surface area contributed by atoms with Crippen molar-refractivity contribution in [2.24, 2.45) is 4.99 Å². The van der Waals surface area contributed by atoms with Crippen molar-refractivity contribution in [1.82, 2.24) is 15.5 Å². The molecule has 1 saturated heterocycles. The topological polar surface area (TPSA) is 39.7 Å². The first-order valence-electron chi connectivity index (χ1n) is 6.49. The van der Waals surface area contributed by atoms with Gasteiger partial charge in [0.05, 0.1) is 0 Å². The maximum atomic E-state index is 4.21. The van der Waals surface area contributed by atoms with Gasteiger partial charge in [0.1, 0.15) is 0 Å². The second kappa shape index (κ2) is 7.49. The van der Waals surface area contributed by atoms with Crippen LogP contribution in [-0.2, 0) is 0 Å². The molecule has 0 radical (unpaired) electrons. The first-order chi connectivity index (χ1) is 7.80. The standard InChI is InChI=1S/C12H26N4/c1-4-8-16-9-6-11(7-10-16)15-12(13-3)14-5-2/h11H,4-10H2,1-3H3,(H2,13,14,15). The van der Waals surface area contributed by atoms with Crippen molar-refractivity contribution in [2.45, 2.75) is 39.2 Å². The first kappa shape index (κ1) is 13.3. The van der Waals surface area contributed by atoms with Crippen molar-refractivity contribution < 1.29 is 0 Å². The lowest BCUT2D eigenvalue weighted by molar-refractivity contribution is 0.206. The molecule has 0 bridgehead atoms. The van der Waals surface area contributed by atoms with E-state index in [1.54, 1.807) is 0 Å². The van der Waals surface area contributed by atoms with Gasteiger partial charge in [-0.1, -0.05) is 6.92 Å². The number of hydrogen-bond acceptors (Lipinski definition) is 2. The van der Waals surface area contributed by atoms with Crippen LogP contribution in [0.4, 0.5) is 0 Å². The number of likely N-dealkylation sites (tertiary alicyclic amines) is 1. The third kappa shape index (κ3) is 4.39. The Morgan fingerprint density at radius 1 is 1.31 bits per heavy atom. The molecule has 0 aliphatic carbocycles. The fourth-order valence-electron chi connectivity index (χ4n) is 2.17. The first-order valence-corrected chi connectivity index (χ1v) is 6.49. The maximum absolute atomic E-state index is 4.21. The molecule has 1 rings (SSSR count). The molecule has 4 heteroatoms. The van der Waals surface area contributed by atoms with Crippen molar-refractivity contribution in [3.63, 3.8) is 0 Å². The van der Waals surface area contributed by atoms with Crippen LogP contribution < -0.4 is 10.6 Å². The molecule has 0 spiro atoms. The van der Waals surface area contributed by atoms with Gasteiger partial charge in [-0.25, -0.2) is 0 Å². The Morgan fingerprint density at radius 3 is 2.50 bits per heavy atom. The van der Waals surface area contributed by atoms with Gasteiger partial charge in [0.25, 0.3) is 0 Å². The van der Waals surface area contributed by atoms with Gasteiger partial charge < -0.3 is 15.5 Å². The minimum Gasteiger partial charge on any atom is -0.357 e. The lowest BCUT2D eigenvalue weighted by atomic mass is 10.1. The number of hydrogen-bond donors (Lipinski definition) is 2. The van der Waals surface area contributed by atoms with E-state index in [9.17, 15) is 0 Å². The van der Waals surface area contributed by atoms with E-state index >= 15 is 0 Å². The van der Waals surface area contributed by atoms with E-state index in [0.717, 1.165) is 12.5 Å². The number of nitrogens with one attached hydrogen (secondary N) is 2. The number of rotatable bonds is 4. The Hall–Kier alpha value is -0.770. The van der Waals surface area contributed by atoms with Crippen LogP contribution in [0.1, 0.15) is 33.1 Å². The third-order valence-corrected chi connectivity index (χ3v) is 3.04. The zero-order valence-corrected chi connectivity index (χ0v) is 10.9. The molecular weight excluding hydrogens is 200 g/mol. The SMILES string of the molecule is CCCN1CCC(NC(=NC)NCC)CC1. The summed E-state index contributed by atoms with van der Waals surface area (Å²) in [4.78, 5) is 6.76. The van der Waals surface area contributed by atoms with Crippen LogP contribution in [0.2, 0.25) is 0 Å². The van der Waals surface area contributed by atoms with Crippen LogP contribution in [-0.4, -0.2) is 50.1 Å². The zero-order chi connectivity index (χ0) is 11.8. The summed E-state index contributed by atoms with van der Waals surface area (Å²) in [5.41, 5.74) is 0. The summed E-state index contributed by atoms with van der Waals surface area (Å²) in [7, 11) is 1.83. The van der Waals surface area contributed by atoms with E-state index in [0.29, 0.717) is 6.04 Å². The average Bonchev–Trinajstić information content (AvgIpc) is 2.31. The van der Waals surface area contributed by atoms with Crippen LogP contribution >= 0.6 is 0 Å². The van der Waals surface area contributed by atoms with Gasteiger partial charge in [-0.15, -0.1) is 0 Å². The summed E-state index contributed by atoms with van der Waals surface area (Å²) < 4.78 is 0. The Kier molecular flexibility index (Phi) is 6.23. The predicted octanol–water partition coefficient (Wildman–Crippen LogP) is 1.05. The molecule has 94 valence electrons. The molecule has 1 heterocycles. The molecule has 0 unspecified atom stereocenters. The molecule has 0 aromatic carbocycles. The van der Waals surface area contributed by atoms with Gasteiger partial charge in [0.2, 0.25) is 0 Å². The second-order valence-corrected chi connectivity index (χ2v) is 4.36. The summed E-state index contributed by atoms with van der Waals surface area (Å²) in [5, 5.41) is 6.72. The van der Waals surface area contributed by atoms with E-state index < -0.39 is 0 Å². The minimum atomic E-state index is 0.589.